The Morgan fingerprint density at radius 2 is 1.90 bits per heavy atom. The lowest BCUT2D eigenvalue weighted by atomic mass is 9.75. The quantitative estimate of drug-likeness (QED) is 0.912. The maximum Gasteiger partial charge on any atom is 0.183 e. The number of sulfone groups is 1. The van der Waals surface area contributed by atoms with Crippen molar-refractivity contribution in [3.05, 3.63) is 29.3 Å². The average molecular weight is 295 g/mol. The number of rotatable bonds is 2. The summed E-state index contributed by atoms with van der Waals surface area (Å²) in [4.78, 5) is 0.454. The van der Waals surface area contributed by atoms with Gasteiger partial charge in [-0.2, -0.15) is 0 Å². The summed E-state index contributed by atoms with van der Waals surface area (Å²) in [6.45, 7) is 8.03. The van der Waals surface area contributed by atoms with E-state index in [-0.39, 0.29) is 11.5 Å². The SMILES string of the molecule is Cc1ccc(C)c(S(=O)(=O)C2CC(C)(C)CCC2N)c1. The minimum Gasteiger partial charge on any atom is -0.327 e. The van der Waals surface area contributed by atoms with Gasteiger partial charge in [-0.1, -0.05) is 26.0 Å². The van der Waals surface area contributed by atoms with Gasteiger partial charge in [0.1, 0.15) is 0 Å². The summed E-state index contributed by atoms with van der Waals surface area (Å²) in [6, 6.07) is 5.34. The minimum absolute atomic E-state index is 0.0470. The van der Waals surface area contributed by atoms with Crippen LogP contribution < -0.4 is 5.73 Å². The van der Waals surface area contributed by atoms with Gasteiger partial charge in [0.15, 0.2) is 9.84 Å². The van der Waals surface area contributed by atoms with E-state index >= 15 is 0 Å². The highest BCUT2D eigenvalue weighted by molar-refractivity contribution is 7.92. The van der Waals surface area contributed by atoms with Crippen molar-refractivity contribution >= 4 is 9.84 Å². The smallest absolute Gasteiger partial charge is 0.183 e. The molecule has 112 valence electrons. The summed E-state index contributed by atoms with van der Waals surface area (Å²) in [6.07, 6.45) is 2.42. The van der Waals surface area contributed by atoms with Crippen molar-refractivity contribution in [3.8, 4) is 0 Å². The van der Waals surface area contributed by atoms with Crippen molar-refractivity contribution in [2.75, 3.05) is 0 Å². The zero-order chi connectivity index (χ0) is 15.1. The fraction of sp³-hybridized carbons (Fsp3) is 0.625. The molecule has 20 heavy (non-hydrogen) atoms. The number of benzene rings is 1. The normalized spacial score (nSPS) is 26.4. The van der Waals surface area contributed by atoms with E-state index in [4.69, 9.17) is 5.73 Å². The molecule has 2 rings (SSSR count). The van der Waals surface area contributed by atoms with E-state index in [9.17, 15) is 8.42 Å². The lowest BCUT2D eigenvalue weighted by Gasteiger charge is -2.38. The molecule has 1 fully saturated rings. The van der Waals surface area contributed by atoms with Crippen LogP contribution in [0.3, 0.4) is 0 Å². The molecule has 4 heteroatoms. The van der Waals surface area contributed by atoms with E-state index in [1.807, 2.05) is 26.0 Å². The highest BCUT2D eigenvalue weighted by atomic mass is 32.2. The average Bonchev–Trinajstić information content (AvgIpc) is 2.35. The summed E-state index contributed by atoms with van der Waals surface area (Å²) in [5.41, 5.74) is 7.96. The lowest BCUT2D eigenvalue weighted by Crippen LogP contribution is -2.47. The molecule has 0 aromatic heterocycles. The van der Waals surface area contributed by atoms with Gasteiger partial charge >= 0.3 is 0 Å². The van der Waals surface area contributed by atoms with E-state index in [1.165, 1.54) is 0 Å². The fourth-order valence-corrected chi connectivity index (χ4v) is 5.52. The Morgan fingerprint density at radius 1 is 1.25 bits per heavy atom. The molecular formula is C16H25NO2S. The van der Waals surface area contributed by atoms with Crippen molar-refractivity contribution in [2.24, 2.45) is 11.1 Å². The Hall–Kier alpha value is -0.870. The van der Waals surface area contributed by atoms with Crippen LogP contribution >= 0.6 is 0 Å². The van der Waals surface area contributed by atoms with Crippen molar-refractivity contribution in [3.63, 3.8) is 0 Å². The van der Waals surface area contributed by atoms with E-state index < -0.39 is 15.1 Å². The van der Waals surface area contributed by atoms with Crippen LogP contribution in [0, 0.1) is 19.3 Å². The molecule has 0 spiro atoms. The monoisotopic (exact) mass is 295 g/mol. The molecule has 2 N–H and O–H groups in total. The van der Waals surface area contributed by atoms with Crippen LogP contribution in [0.15, 0.2) is 23.1 Å². The van der Waals surface area contributed by atoms with Crippen LogP contribution in [0.1, 0.15) is 44.2 Å². The van der Waals surface area contributed by atoms with Gasteiger partial charge in [0.25, 0.3) is 0 Å². The van der Waals surface area contributed by atoms with E-state index in [1.54, 1.807) is 6.07 Å². The van der Waals surface area contributed by atoms with Gasteiger partial charge in [0.05, 0.1) is 10.1 Å². The molecule has 0 bridgehead atoms. The van der Waals surface area contributed by atoms with Crippen molar-refractivity contribution in [2.45, 2.75) is 63.1 Å². The van der Waals surface area contributed by atoms with Crippen LogP contribution in [0.25, 0.3) is 0 Å². The highest BCUT2D eigenvalue weighted by Crippen LogP contribution is 2.39. The molecule has 0 heterocycles. The molecule has 1 aromatic carbocycles. The first kappa shape index (κ1) is 15.5. The van der Waals surface area contributed by atoms with Crippen molar-refractivity contribution < 1.29 is 8.42 Å². The minimum atomic E-state index is -3.36. The first-order chi connectivity index (χ1) is 9.13. The molecule has 1 aliphatic carbocycles. The molecule has 0 amide bonds. The Morgan fingerprint density at radius 3 is 2.55 bits per heavy atom. The summed E-state index contributed by atoms with van der Waals surface area (Å²) in [7, 11) is -3.36. The molecule has 2 atom stereocenters. The largest absolute Gasteiger partial charge is 0.327 e. The lowest BCUT2D eigenvalue weighted by molar-refractivity contribution is 0.227. The van der Waals surface area contributed by atoms with Crippen LogP contribution in [-0.4, -0.2) is 19.7 Å². The maximum atomic E-state index is 13.0. The van der Waals surface area contributed by atoms with Gasteiger partial charge in [0.2, 0.25) is 0 Å². The standard InChI is InChI=1S/C16H25NO2S/c1-11-5-6-12(2)14(9-11)20(18,19)15-10-16(3,4)8-7-13(15)17/h5-6,9,13,15H,7-8,10,17H2,1-4H3. The molecule has 0 saturated heterocycles. The third-order valence-corrected chi connectivity index (χ3v) is 6.80. The third-order valence-electron chi connectivity index (χ3n) is 4.43. The zero-order valence-electron chi connectivity index (χ0n) is 12.8. The van der Waals surface area contributed by atoms with Crippen LogP contribution in [0.2, 0.25) is 0 Å². The Balaban J connectivity index is 2.46. The topological polar surface area (TPSA) is 60.2 Å². The summed E-state index contributed by atoms with van der Waals surface area (Å²) < 4.78 is 26.0. The van der Waals surface area contributed by atoms with Gasteiger partial charge in [-0.05, 0) is 55.7 Å². The van der Waals surface area contributed by atoms with Crippen LogP contribution in [0.4, 0.5) is 0 Å². The molecule has 0 radical (unpaired) electrons. The molecule has 0 aliphatic heterocycles. The second-order valence-electron chi connectivity index (χ2n) is 6.92. The van der Waals surface area contributed by atoms with Crippen LogP contribution in [0.5, 0.6) is 0 Å². The second kappa shape index (κ2) is 5.15. The highest BCUT2D eigenvalue weighted by Gasteiger charge is 2.41. The number of aryl methyl sites for hydroxylation is 2. The number of nitrogens with two attached hydrogens (primary N) is 1. The first-order valence-electron chi connectivity index (χ1n) is 7.20. The van der Waals surface area contributed by atoms with Gasteiger partial charge in [-0.3, -0.25) is 0 Å². The van der Waals surface area contributed by atoms with Gasteiger partial charge in [0, 0.05) is 6.04 Å². The molecule has 2 unspecified atom stereocenters. The van der Waals surface area contributed by atoms with Crippen molar-refractivity contribution in [1.82, 2.24) is 0 Å². The summed E-state index contributed by atoms with van der Waals surface area (Å²) in [5.74, 6) is 0. The predicted molar refractivity (Wildman–Crippen MR) is 82.5 cm³/mol. The third kappa shape index (κ3) is 2.91. The maximum absolute atomic E-state index is 13.0. The Labute approximate surface area is 122 Å². The zero-order valence-corrected chi connectivity index (χ0v) is 13.6. The predicted octanol–water partition coefficient (Wildman–Crippen LogP) is 2.98. The molecular weight excluding hydrogens is 270 g/mol. The van der Waals surface area contributed by atoms with Gasteiger partial charge in [-0.15, -0.1) is 0 Å². The number of hydrogen-bond donors (Lipinski definition) is 1. The Kier molecular flexibility index (Phi) is 4.00. The second-order valence-corrected chi connectivity index (χ2v) is 9.06. The Bertz CT molecular complexity index is 605. The van der Waals surface area contributed by atoms with E-state index in [0.717, 1.165) is 24.0 Å². The van der Waals surface area contributed by atoms with Gasteiger partial charge in [-0.25, -0.2) is 8.42 Å². The molecule has 1 aliphatic rings. The first-order valence-corrected chi connectivity index (χ1v) is 8.75. The summed E-state index contributed by atoms with van der Waals surface area (Å²) >= 11 is 0. The summed E-state index contributed by atoms with van der Waals surface area (Å²) in [5, 5.41) is -0.466. The van der Waals surface area contributed by atoms with Gasteiger partial charge < -0.3 is 5.73 Å². The van der Waals surface area contributed by atoms with Crippen LogP contribution in [-0.2, 0) is 9.84 Å². The fourth-order valence-electron chi connectivity index (χ4n) is 3.06. The van der Waals surface area contributed by atoms with E-state index in [0.29, 0.717) is 11.3 Å². The molecule has 1 saturated carbocycles. The van der Waals surface area contributed by atoms with Crippen molar-refractivity contribution in [1.29, 1.82) is 0 Å². The van der Waals surface area contributed by atoms with E-state index in [2.05, 4.69) is 13.8 Å². The molecule has 3 nitrogen and oxygen atoms in total. The molecule has 1 aromatic rings. The number of hydrogen-bond acceptors (Lipinski definition) is 3.